The van der Waals surface area contributed by atoms with Crippen LogP contribution in [0.4, 0.5) is 23.1 Å². The summed E-state index contributed by atoms with van der Waals surface area (Å²) in [4.78, 5) is 36.3. The SMILES string of the molecule is CC(=O)N1CCN(c2ccc(Nc3ncc(C(N)=O)c(NC4CCC(N)CC4)n3)cc2)CC1. The second-order valence-electron chi connectivity index (χ2n) is 8.74. The highest BCUT2D eigenvalue weighted by atomic mass is 16.2. The van der Waals surface area contributed by atoms with Crippen LogP contribution in [0.2, 0.25) is 0 Å². The van der Waals surface area contributed by atoms with Crippen LogP contribution in [0.25, 0.3) is 0 Å². The molecule has 2 aromatic rings. The summed E-state index contributed by atoms with van der Waals surface area (Å²) < 4.78 is 0. The van der Waals surface area contributed by atoms with Crippen LogP contribution in [-0.2, 0) is 4.79 Å². The number of anilines is 4. The van der Waals surface area contributed by atoms with Crippen LogP contribution >= 0.6 is 0 Å². The Labute approximate surface area is 193 Å². The third-order valence-corrected chi connectivity index (χ3v) is 6.38. The van der Waals surface area contributed by atoms with E-state index in [1.165, 1.54) is 6.20 Å². The Morgan fingerprint density at radius 3 is 2.30 bits per heavy atom. The molecule has 10 nitrogen and oxygen atoms in total. The first-order chi connectivity index (χ1) is 15.9. The summed E-state index contributed by atoms with van der Waals surface area (Å²) in [7, 11) is 0. The molecular weight excluding hydrogens is 420 g/mol. The molecule has 0 radical (unpaired) electrons. The molecule has 2 amide bonds. The number of amides is 2. The number of aromatic nitrogens is 2. The molecular formula is C23H32N8O2. The molecule has 2 aliphatic rings. The Kier molecular flexibility index (Phi) is 6.93. The molecule has 0 unspecified atom stereocenters. The molecule has 10 heteroatoms. The fourth-order valence-corrected chi connectivity index (χ4v) is 4.35. The third-order valence-electron chi connectivity index (χ3n) is 6.38. The van der Waals surface area contributed by atoms with Gasteiger partial charge in [0.2, 0.25) is 11.9 Å². The fourth-order valence-electron chi connectivity index (χ4n) is 4.35. The van der Waals surface area contributed by atoms with Crippen molar-refractivity contribution in [3.63, 3.8) is 0 Å². The lowest BCUT2D eigenvalue weighted by molar-refractivity contribution is -0.129. The second-order valence-corrected chi connectivity index (χ2v) is 8.74. The van der Waals surface area contributed by atoms with E-state index in [4.69, 9.17) is 11.5 Å². The minimum Gasteiger partial charge on any atom is -0.368 e. The van der Waals surface area contributed by atoms with Crippen molar-refractivity contribution in [2.24, 2.45) is 11.5 Å². The van der Waals surface area contributed by atoms with E-state index in [-0.39, 0.29) is 23.6 Å². The number of hydrogen-bond donors (Lipinski definition) is 4. The van der Waals surface area contributed by atoms with Crippen LogP contribution in [0, 0.1) is 0 Å². The fraction of sp³-hybridized carbons (Fsp3) is 0.478. The van der Waals surface area contributed by atoms with Gasteiger partial charge in [0.1, 0.15) is 5.82 Å². The van der Waals surface area contributed by atoms with Crippen LogP contribution in [0.5, 0.6) is 0 Å². The third kappa shape index (κ3) is 5.70. The summed E-state index contributed by atoms with van der Waals surface area (Å²) in [5.41, 5.74) is 13.7. The molecule has 176 valence electrons. The van der Waals surface area contributed by atoms with Gasteiger partial charge in [0, 0.05) is 62.8 Å². The molecule has 1 saturated carbocycles. The van der Waals surface area contributed by atoms with Gasteiger partial charge in [0.05, 0.1) is 5.56 Å². The zero-order valence-electron chi connectivity index (χ0n) is 19.0. The first-order valence-corrected chi connectivity index (χ1v) is 11.5. The zero-order valence-corrected chi connectivity index (χ0v) is 19.0. The molecule has 0 bridgehead atoms. The summed E-state index contributed by atoms with van der Waals surface area (Å²) in [6.45, 7) is 4.70. The van der Waals surface area contributed by atoms with Gasteiger partial charge in [-0.3, -0.25) is 9.59 Å². The molecule has 4 rings (SSSR count). The summed E-state index contributed by atoms with van der Waals surface area (Å²) in [6, 6.07) is 8.44. The van der Waals surface area contributed by atoms with Gasteiger partial charge in [-0.25, -0.2) is 4.98 Å². The average molecular weight is 453 g/mol. The van der Waals surface area contributed by atoms with Gasteiger partial charge in [-0.2, -0.15) is 4.98 Å². The van der Waals surface area contributed by atoms with Crippen LogP contribution in [0.3, 0.4) is 0 Å². The van der Waals surface area contributed by atoms with Gasteiger partial charge in [-0.05, 0) is 49.9 Å². The van der Waals surface area contributed by atoms with Gasteiger partial charge in [-0.1, -0.05) is 0 Å². The van der Waals surface area contributed by atoms with E-state index in [9.17, 15) is 9.59 Å². The van der Waals surface area contributed by atoms with E-state index in [1.807, 2.05) is 29.2 Å². The number of carbonyl (C=O) groups excluding carboxylic acids is 2. The standard InChI is InChI=1S/C23H32N8O2/c1-15(32)30-10-12-31(13-11-30)19-8-6-18(7-9-19)28-23-26-14-20(21(25)33)22(29-23)27-17-4-2-16(24)3-5-17/h6-9,14,16-17H,2-5,10-13,24H2,1H3,(H2,25,33)(H2,26,27,28,29). The molecule has 1 aromatic heterocycles. The van der Waals surface area contributed by atoms with Gasteiger partial charge >= 0.3 is 0 Å². The lowest BCUT2D eigenvalue weighted by Crippen LogP contribution is -2.48. The van der Waals surface area contributed by atoms with Gasteiger partial charge in [0.25, 0.3) is 5.91 Å². The summed E-state index contributed by atoms with van der Waals surface area (Å²) in [5.74, 6) is 0.390. The van der Waals surface area contributed by atoms with E-state index in [2.05, 4.69) is 25.5 Å². The van der Waals surface area contributed by atoms with Gasteiger partial charge in [0.15, 0.2) is 0 Å². The minimum absolute atomic E-state index is 0.123. The number of benzene rings is 1. The molecule has 1 aromatic carbocycles. The normalized spacial score (nSPS) is 20.9. The Bertz CT molecular complexity index is 980. The number of nitrogens with zero attached hydrogens (tertiary/aromatic N) is 4. The van der Waals surface area contributed by atoms with Crippen molar-refractivity contribution in [3.8, 4) is 0 Å². The highest BCUT2D eigenvalue weighted by molar-refractivity contribution is 5.97. The highest BCUT2D eigenvalue weighted by Crippen LogP contribution is 2.25. The van der Waals surface area contributed by atoms with Crippen molar-refractivity contribution in [2.45, 2.75) is 44.7 Å². The van der Waals surface area contributed by atoms with Crippen LogP contribution in [-0.4, -0.2) is 64.9 Å². The minimum atomic E-state index is -0.564. The number of nitrogens with one attached hydrogen (secondary N) is 2. The van der Waals surface area contributed by atoms with E-state index in [0.717, 1.165) is 63.2 Å². The number of hydrogen-bond acceptors (Lipinski definition) is 8. The number of piperazine rings is 1. The number of primary amides is 1. The molecule has 0 spiro atoms. The van der Waals surface area contributed by atoms with Gasteiger partial charge in [-0.15, -0.1) is 0 Å². The maximum atomic E-state index is 11.9. The van der Waals surface area contributed by atoms with Crippen LogP contribution in [0.1, 0.15) is 43.0 Å². The smallest absolute Gasteiger partial charge is 0.254 e. The topological polar surface area (TPSA) is 142 Å². The van der Waals surface area contributed by atoms with Crippen molar-refractivity contribution < 1.29 is 9.59 Å². The molecule has 2 fully saturated rings. The maximum Gasteiger partial charge on any atom is 0.254 e. The molecule has 2 heterocycles. The van der Waals surface area contributed by atoms with Crippen molar-refractivity contribution >= 4 is 35.0 Å². The lowest BCUT2D eigenvalue weighted by atomic mass is 9.92. The molecule has 33 heavy (non-hydrogen) atoms. The molecule has 6 N–H and O–H groups in total. The van der Waals surface area contributed by atoms with E-state index < -0.39 is 5.91 Å². The quantitative estimate of drug-likeness (QED) is 0.518. The first-order valence-electron chi connectivity index (χ1n) is 11.5. The van der Waals surface area contributed by atoms with Crippen molar-refractivity contribution in [1.29, 1.82) is 0 Å². The van der Waals surface area contributed by atoms with Crippen molar-refractivity contribution in [3.05, 3.63) is 36.0 Å². The maximum absolute atomic E-state index is 11.9. The summed E-state index contributed by atoms with van der Waals surface area (Å²) >= 11 is 0. The van der Waals surface area contributed by atoms with Crippen molar-refractivity contribution in [2.75, 3.05) is 41.7 Å². The Hall–Kier alpha value is -3.40. The van der Waals surface area contributed by atoms with Gasteiger partial charge < -0.3 is 31.9 Å². The summed E-state index contributed by atoms with van der Waals surface area (Å²) in [6.07, 6.45) is 5.19. The van der Waals surface area contributed by atoms with Crippen LogP contribution in [0.15, 0.2) is 30.5 Å². The number of nitrogens with two attached hydrogens (primary N) is 2. The highest BCUT2D eigenvalue weighted by Gasteiger charge is 2.22. The predicted molar refractivity (Wildman–Crippen MR) is 129 cm³/mol. The number of carbonyl (C=O) groups is 2. The second kappa shape index (κ2) is 10.0. The molecule has 1 aliphatic carbocycles. The average Bonchev–Trinajstić information content (AvgIpc) is 2.81. The number of rotatable bonds is 6. The van der Waals surface area contributed by atoms with E-state index in [0.29, 0.717) is 11.8 Å². The monoisotopic (exact) mass is 452 g/mol. The van der Waals surface area contributed by atoms with E-state index >= 15 is 0 Å². The molecule has 1 saturated heterocycles. The molecule has 1 aliphatic heterocycles. The first kappa shape index (κ1) is 22.8. The van der Waals surface area contributed by atoms with Crippen LogP contribution < -0.4 is 27.0 Å². The lowest BCUT2D eigenvalue weighted by Gasteiger charge is -2.35. The Morgan fingerprint density at radius 1 is 1.03 bits per heavy atom. The van der Waals surface area contributed by atoms with Crippen molar-refractivity contribution in [1.82, 2.24) is 14.9 Å². The Balaban J connectivity index is 1.42. The predicted octanol–water partition coefficient (Wildman–Crippen LogP) is 1.67. The zero-order chi connectivity index (χ0) is 23.4. The summed E-state index contributed by atoms with van der Waals surface area (Å²) in [5, 5.41) is 6.56. The Morgan fingerprint density at radius 2 is 1.70 bits per heavy atom. The molecule has 0 atom stereocenters. The largest absolute Gasteiger partial charge is 0.368 e. The van der Waals surface area contributed by atoms with E-state index in [1.54, 1.807) is 6.92 Å².